The van der Waals surface area contributed by atoms with E-state index in [1.54, 1.807) is 0 Å². The number of carbonyl (C=O) groups excluding carboxylic acids is 1. The summed E-state index contributed by atoms with van der Waals surface area (Å²) >= 11 is 0. The highest BCUT2D eigenvalue weighted by atomic mass is 16.2. The molecule has 1 heterocycles. The van der Waals surface area contributed by atoms with E-state index in [1.807, 2.05) is 0 Å². The maximum absolute atomic E-state index is 11.1. The molecule has 64 valence electrons. The van der Waals surface area contributed by atoms with Crippen LogP contribution in [-0.2, 0) is 4.79 Å². The van der Waals surface area contributed by atoms with Gasteiger partial charge in [0.15, 0.2) is 0 Å². The maximum Gasteiger partial charge on any atom is 0.237 e. The Hall–Kier alpha value is -0.610. The van der Waals surface area contributed by atoms with Crippen molar-refractivity contribution in [1.29, 1.82) is 0 Å². The molecule has 0 spiro atoms. The molecular formula is C7H15N3O. The van der Waals surface area contributed by atoms with Gasteiger partial charge in [-0.2, -0.15) is 0 Å². The number of nitrogens with two attached hydrogens (primary N) is 1. The average molecular weight is 157 g/mol. The molecular weight excluding hydrogens is 142 g/mol. The first-order valence-electron chi connectivity index (χ1n) is 4.06. The van der Waals surface area contributed by atoms with E-state index in [9.17, 15) is 4.79 Å². The number of carbonyl (C=O) groups is 1. The fourth-order valence-electron chi connectivity index (χ4n) is 1.22. The van der Waals surface area contributed by atoms with Gasteiger partial charge in [-0.05, 0) is 12.8 Å². The topological polar surface area (TPSA) is 67.2 Å². The van der Waals surface area contributed by atoms with Crippen LogP contribution in [0.3, 0.4) is 0 Å². The maximum atomic E-state index is 11.1. The molecule has 4 nitrogen and oxygen atoms in total. The lowest BCUT2D eigenvalue weighted by atomic mass is 10.1. The van der Waals surface area contributed by atoms with Crippen molar-refractivity contribution in [3.05, 3.63) is 0 Å². The summed E-state index contributed by atoms with van der Waals surface area (Å²) in [6, 6.07) is -0.00713. The minimum atomic E-state index is -0.00713. The summed E-state index contributed by atoms with van der Waals surface area (Å²) < 4.78 is 0. The lowest BCUT2D eigenvalue weighted by molar-refractivity contribution is -0.124. The first-order chi connectivity index (χ1) is 5.34. The van der Waals surface area contributed by atoms with E-state index in [0.717, 1.165) is 25.9 Å². The zero-order chi connectivity index (χ0) is 8.10. The number of piperidine rings is 1. The van der Waals surface area contributed by atoms with Crippen LogP contribution in [-0.4, -0.2) is 31.6 Å². The monoisotopic (exact) mass is 157 g/mol. The standard InChI is InChI=1S/C7H15N3O/c8-3-5-9-6-2-1-4-10-7(6)11/h6,9H,1-5,8H2,(H,10,11). The van der Waals surface area contributed by atoms with Gasteiger partial charge < -0.3 is 16.4 Å². The summed E-state index contributed by atoms with van der Waals surface area (Å²) in [6.07, 6.45) is 2.00. The Labute approximate surface area is 66.5 Å². The Bertz CT molecular complexity index is 138. The first-order valence-corrected chi connectivity index (χ1v) is 4.06. The minimum absolute atomic E-state index is 0.00713. The summed E-state index contributed by atoms with van der Waals surface area (Å²) in [5.41, 5.74) is 5.30. The molecule has 0 radical (unpaired) electrons. The van der Waals surface area contributed by atoms with Crippen LogP contribution in [0.25, 0.3) is 0 Å². The van der Waals surface area contributed by atoms with Gasteiger partial charge in [0.2, 0.25) is 5.91 Å². The van der Waals surface area contributed by atoms with Gasteiger partial charge in [-0.15, -0.1) is 0 Å². The van der Waals surface area contributed by atoms with Crippen LogP contribution < -0.4 is 16.4 Å². The molecule has 11 heavy (non-hydrogen) atoms. The van der Waals surface area contributed by atoms with Crippen molar-refractivity contribution in [3.63, 3.8) is 0 Å². The van der Waals surface area contributed by atoms with E-state index in [4.69, 9.17) is 5.73 Å². The van der Waals surface area contributed by atoms with Gasteiger partial charge in [0, 0.05) is 19.6 Å². The fraction of sp³-hybridized carbons (Fsp3) is 0.857. The predicted octanol–water partition coefficient (Wildman–Crippen LogP) is -1.19. The van der Waals surface area contributed by atoms with Crippen molar-refractivity contribution in [2.75, 3.05) is 19.6 Å². The Morgan fingerprint density at radius 3 is 3.18 bits per heavy atom. The van der Waals surface area contributed by atoms with Crippen LogP contribution >= 0.6 is 0 Å². The molecule has 0 aromatic carbocycles. The number of hydrogen-bond donors (Lipinski definition) is 3. The molecule has 1 amide bonds. The van der Waals surface area contributed by atoms with Crippen LogP contribution in [0.15, 0.2) is 0 Å². The van der Waals surface area contributed by atoms with E-state index < -0.39 is 0 Å². The molecule has 1 atom stereocenters. The molecule has 1 aliphatic rings. The Morgan fingerprint density at radius 2 is 2.55 bits per heavy atom. The Balaban J connectivity index is 2.24. The van der Waals surface area contributed by atoms with Crippen molar-refractivity contribution < 1.29 is 4.79 Å². The molecule has 1 fully saturated rings. The molecule has 0 saturated carbocycles. The van der Waals surface area contributed by atoms with Gasteiger partial charge in [0.1, 0.15) is 0 Å². The van der Waals surface area contributed by atoms with Crippen molar-refractivity contribution in [2.24, 2.45) is 5.73 Å². The van der Waals surface area contributed by atoms with Crippen molar-refractivity contribution >= 4 is 5.91 Å². The molecule has 4 N–H and O–H groups in total. The van der Waals surface area contributed by atoms with Crippen molar-refractivity contribution in [1.82, 2.24) is 10.6 Å². The minimum Gasteiger partial charge on any atom is -0.355 e. The molecule has 1 saturated heterocycles. The zero-order valence-corrected chi connectivity index (χ0v) is 6.60. The molecule has 0 bridgehead atoms. The van der Waals surface area contributed by atoms with E-state index in [-0.39, 0.29) is 11.9 Å². The lowest BCUT2D eigenvalue weighted by Gasteiger charge is -2.22. The highest BCUT2D eigenvalue weighted by Crippen LogP contribution is 2.01. The van der Waals surface area contributed by atoms with Gasteiger partial charge >= 0.3 is 0 Å². The van der Waals surface area contributed by atoms with Crippen LogP contribution in [0, 0.1) is 0 Å². The normalized spacial score (nSPS) is 24.8. The molecule has 1 unspecified atom stereocenters. The summed E-state index contributed by atoms with van der Waals surface area (Å²) in [6.45, 7) is 2.13. The number of rotatable bonds is 3. The van der Waals surface area contributed by atoms with Crippen LogP contribution in [0.2, 0.25) is 0 Å². The van der Waals surface area contributed by atoms with Crippen LogP contribution in [0.4, 0.5) is 0 Å². The third kappa shape index (κ3) is 2.48. The largest absolute Gasteiger partial charge is 0.355 e. The highest BCUT2D eigenvalue weighted by Gasteiger charge is 2.20. The van der Waals surface area contributed by atoms with E-state index in [0.29, 0.717) is 6.54 Å². The molecule has 0 aromatic rings. The van der Waals surface area contributed by atoms with Gasteiger partial charge in [-0.3, -0.25) is 4.79 Å². The number of amides is 1. The van der Waals surface area contributed by atoms with Gasteiger partial charge in [0.25, 0.3) is 0 Å². The predicted molar refractivity (Wildman–Crippen MR) is 43.1 cm³/mol. The summed E-state index contributed by atoms with van der Waals surface area (Å²) in [4.78, 5) is 11.1. The first kappa shape index (κ1) is 8.49. The highest BCUT2D eigenvalue weighted by molar-refractivity contribution is 5.82. The van der Waals surface area contributed by atoms with Gasteiger partial charge in [-0.1, -0.05) is 0 Å². The van der Waals surface area contributed by atoms with Crippen molar-refractivity contribution in [2.45, 2.75) is 18.9 Å². The van der Waals surface area contributed by atoms with Crippen LogP contribution in [0.1, 0.15) is 12.8 Å². The van der Waals surface area contributed by atoms with E-state index in [1.165, 1.54) is 0 Å². The fourth-order valence-corrected chi connectivity index (χ4v) is 1.22. The quantitative estimate of drug-likeness (QED) is 0.483. The second kappa shape index (κ2) is 4.31. The average Bonchev–Trinajstić information content (AvgIpc) is 2.03. The Morgan fingerprint density at radius 1 is 1.73 bits per heavy atom. The second-order valence-corrected chi connectivity index (χ2v) is 2.73. The third-order valence-electron chi connectivity index (χ3n) is 1.82. The zero-order valence-electron chi connectivity index (χ0n) is 6.60. The molecule has 1 aliphatic heterocycles. The summed E-state index contributed by atoms with van der Waals surface area (Å²) in [5, 5.41) is 5.88. The van der Waals surface area contributed by atoms with Crippen LogP contribution in [0.5, 0.6) is 0 Å². The molecule has 0 aromatic heterocycles. The smallest absolute Gasteiger partial charge is 0.237 e. The van der Waals surface area contributed by atoms with E-state index >= 15 is 0 Å². The van der Waals surface area contributed by atoms with E-state index in [2.05, 4.69) is 10.6 Å². The summed E-state index contributed by atoms with van der Waals surface area (Å²) in [5.74, 6) is 0.115. The van der Waals surface area contributed by atoms with Gasteiger partial charge in [-0.25, -0.2) is 0 Å². The summed E-state index contributed by atoms with van der Waals surface area (Å²) in [7, 11) is 0. The lowest BCUT2D eigenvalue weighted by Crippen LogP contribution is -2.49. The van der Waals surface area contributed by atoms with Gasteiger partial charge in [0.05, 0.1) is 6.04 Å². The third-order valence-corrected chi connectivity index (χ3v) is 1.82. The number of hydrogen-bond acceptors (Lipinski definition) is 3. The molecule has 4 heteroatoms. The molecule has 0 aliphatic carbocycles. The Kier molecular flexibility index (Phi) is 3.32. The van der Waals surface area contributed by atoms with Crippen molar-refractivity contribution in [3.8, 4) is 0 Å². The SMILES string of the molecule is NCCNC1CCCNC1=O. The number of nitrogens with one attached hydrogen (secondary N) is 2. The molecule has 1 rings (SSSR count). The second-order valence-electron chi connectivity index (χ2n) is 2.73.